The SMILES string of the molecule is CC(C)OCc1cc2ccccc2o1. The van der Waals surface area contributed by atoms with E-state index in [1.54, 1.807) is 0 Å². The van der Waals surface area contributed by atoms with Gasteiger partial charge in [0, 0.05) is 5.39 Å². The van der Waals surface area contributed by atoms with Crippen molar-refractivity contribution in [3.8, 4) is 0 Å². The van der Waals surface area contributed by atoms with Crippen LogP contribution in [0.2, 0.25) is 0 Å². The van der Waals surface area contributed by atoms with E-state index in [0.717, 1.165) is 16.7 Å². The molecular formula is C12H14O2. The fourth-order valence-corrected chi connectivity index (χ4v) is 1.36. The van der Waals surface area contributed by atoms with Crippen LogP contribution in [0.4, 0.5) is 0 Å². The Kier molecular flexibility index (Phi) is 2.55. The number of hydrogen-bond donors (Lipinski definition) is 0. The Morgan fingerprint density at radius 3 is 2.79 bits per heavy atom. The molecule has 0 atom stereocenters. The van der Waals surface area contributed by atoms with Gasteiger partial charge in [0.25, 0.3) is 0 Å². The molecule has 0 saturated heterocycles. The third kappa shape index (κ3) is 1.96. The highest BCUT2D eigenvalue weighted by Gasteiger charge is 2.03. The second-order valence-electron chi connectivity index (χ2n) is 3.61. The lowest BCUT2D eigenvalue weighted by atomic mass is 10.2. The van der Waals surface area contributed by atoms with Gasteiger partial charge in [-0.25, -0.2) is 0 Å². The smallest absolute Gasteiger partial charge is 0.134 e. The lowest BCUT2D eigenvalue weighted by Crippen LogP contribution is -2.01. The van der Waals surface area contributed by atoms with Crippen LogP contribution in [-0.4, -0.2) is 6.10 Å². The molecule has 0 spiro atoms. The monoisotopic (exact) mass is 190 g/mol. The van der Waals surface area contributed by atoms with Gasteiger partial charge in [-0.2, -0.15) is 0 Å². The zero-order chi connectivity index (χ0) is 9.97. The van der Waals surface area contributed by atoms with Crippen LogP contribution >= 0.6 is 0 Å². The molecule has 0 amide bonds. The molecule has 14 heavy (non-hydrogen) atoms. The molecule has 0 radical (unpaired) electrons. The predicted octanol–water partition coefficient (Wildman–Crippen LogP) is 3.36. The van der Waals surface area contributed by atoms with Gasteiger partial charge < -0.3 is 9.15 Å². The van der Waals surface area contributed by atoms with Crippen molar-refractivity contribution in [1.82, 2.24) is 0 Å². The van der Waals surface area contributed by atoms with Crippen LogP contribution < -0.4 is 0 Å². The summed E-state index contributed by atoms with van der Waals surface area (Å²) < 4.78 is 11.1. The minimum Gasteiger partial charge on any atom is -0.459 e. The predicted molar refractivity (Wildman–Crippen MR) is 56.1 cm³/mol. The average Bonchev–Trinajstić information content (AvgIpc) is 2.57. The molecule has 1 aromatic carbocycles. The lowest BCUT2D eigenvalue weighted by Gasteiger charge is -2.03. The second-order valence-corrected chi connectivity index (χ2v) is 3.61. The molecule has 0 saturated carbocycles. The summed E-state index contributed by atoms with van der Waals surface area (Å²) in [5, 5.41) is 1.13. The number of benzene rings is 1. The molecule has 0 bridgehead atoms. The first-order chi connectivity index (χ1) is 6.75. The third-order valence-corrected chi connectivity index (χ3v) is 2.04. The highest BCUT2D eigenvalue weighted by Crippen LogP contribution is 2.19. The molecule has 0 N–H and O–H groups in total. The van der Waals surface area contributed by atoms with E-state index in [9.17, 15) is 0 Å². The maximum atomic E-state index is 5.59. The summed E-state index contributed by atoms with van der Waals surface area (Å²) in [4.78, 5) is 0. The van der Waals surface area contributed by atoms with Crippen LogP contribution in [0.15, 0.2) is 34.7 Å². The van der Waals surface area contributed by atoms with E-state index in [1.165, 1.54) is 0 Å². The molecule has 2 aromatic rings. The standard InChI is InChI=1S/C12H14O2/c1-9(2)13-8-11-7-10-5-3-4-6-12(10)14-11/h3-7,9H,8H2,1-2H3. The number of ether oxygens (including phenoxy) is 1. The molecule has 2 nitrogen and oxygen atoms in total. The van der Waals surface area contributed by atoms with Crippen molar-refractivity contribution in [2.75, 3.05) is 0 Å². The Morgan fingerprint density at radius 1 is 1.29 bits per heavy atom. The third-order valence-electron chi connectivity index (χ3n) is 2.04. The van der Waals surface area contributed by atoms with Gasteiger partial charge in [0.2, 0.25) is 0 Å². The summed E-state index contributed by atoms with van der Waals surface area (Å²) in [5.74, 6) is 0.889. The Bertz CT molecular complexity index is 382. The zero-order valence-corrected chi connectivity index (χ0v) is 8.49. The van der Waals surface area contributed by atoms with Gasteiger partial charge in [-0.05, 0) is 26.0 Å². The van der Waals surface area contributed by atoms with Crippen LogP contribution in [0, 0.1) is 0 Å². The number of fused-ring (bicyclic) bond motifs is 1. The molecule has 0 aliphatic rings. The number of para-hydroxylation sites is 1. The normalized spacial score (nSPS) is 11.4. The lowest BCUT2D eigenvalue weighted by molar-refractivity contribution is 0.0553. The first-order valence-electron chi connectivity index (χ1n) is 4.85. The number of hydrogen-bond acceptors (Lipinski definition) is 2. The molecule has 0 aliphatic heterocycles. The minimum absolute atomic E-state index is 0.239. The van der Waals surface area contributed by atoms with Crippen LogP contribution in [-0.2, 0) is 11.3 Å². The fraction of sp³-hybridized carbons (Fsp3) is 0.333. The van der Waals surface area contributed by atoms with E-state index in [1.807, 2.05) is 44.2 Å². The molecule has 1 heterocycles. The first kappa shape index (κ1) is 9.28. The summed E-state index contributed by atoms with van der Waals surface area (Å²) >= 11 is 0. The molecule has 74 valence electrons. The van der Waals surface area contributed by atoms with Crippen LogP contribution in [0.5, 0.6) is 0 Å². The van der Waals surface area contributed by atoms with Crippen molar-refractivity contribution in [2.24, 2.45) is 0 Å². The maximum Gasteiger partial charge on any atom is 0.134 e. The number of furan rings is 1. The molecule has 2 heteroatoms. The van der Waals surface area contributed by atoms with Crippen molar-refractivity contribution in [3.05, 3.63) is 36.1 Å². The van der Waals surface area contributed by atoms with E-state index in [4.69, 9.17) is 9.15 Å². The van der Waals surface area contributed by atoms with E-state index < -0.39 is 0 Å². The van der Waals surface area contributed by atoms with Crippen molar-refractivity contribution >= 4 is 11.0 Å². The van der Waals surface area contributed by atoms with E-state index >= 15 is 0 Å². The number of rotatable bonds is 3. The molecule has 0 fully saturated rings. The van der Waals surface area contributed by atoms with Gasteiger partial charge in [-0.3, -0.25) is 0 Å². The van der Waals surface area contributed by atoms with Crippen molar-refractivity contribution < 1.29 is 9.15 Å². The molecular weight excluding hydrogens is 176 g/mol. The Labute approximate surface area is 83.5 Å². The first-order valence-corrected chi connectivity index (χ1v) is 4.85. The maximum absolute atomic E-state index is 5.59. The topological polar surface area (TPSA) is 22.4 Å². The Hall–Kier alpha value is -1.28. The van der Waals surface area contributed by atoms with Gasteiger partial charge in [0.15, 0.2) is 0 Å². The van der Waals surface area contributed by atoms with Gasteiger partial charge >= 0.3 is 0 Å². The van der Waals surface area contributed by atoms with Gasteiger partial charge in [-0.1, -0.05) is 18.2 Å². The molecule has 0 unspecified atom stereocenters. The summed E-state index contributed by atoms with van der Waals surface area (Å²) in [6, 6.07) is 10.0. The largest absolute Gasteiger partial charge is 0.459 e. The van der Waals surface area contributed by atoms with Gasteiger partial charge in [0.1, 0.15) is 18.0 Å². The molecule has 0 aliphatic carbocycles. The zero-order valence-electron chi connectivity index (χ0n) is 8.49. The fourth-order valence-electron chi connectivity index (χ4n) is 1.36. The highest BCUT2D eigenvalue weighted by atomic mass is 16.5. The average molecular weight is 190 g/mol. The summed E-state index contributed by atoms with van der Waals surface area (Å²) in [5.41, 5.74) is 0.926. The Morgan fingerprint density at radius 2 is 2.07 bits per heavy atom. The van der Waals surface area contributed by atoms with E-state index in [-0.39, 0.29) is 6.10 Å². The quantitative estimate of drug-likeness (QED) is 0.740. The van der Waals surface area contributed by atoms with Crippen LogP contribution in [0.1, 0.15) is 19.6 Å². The highest BCUT2D eigenvalue weighted by molar-refractivity contribution is 5.77. The Balaban J connectivity index is 2.19. The minimum atomic E-state index is 0.239. The van der Waals surface area contributed by atoms with Crippen LogP contribution in [0.3, 0.4) is 0 Å². The summed E-state index contributed by atoms with van der Waals surface area (Å²) in [7, 11) is 0. The summed E-state index contributed by atoms with van der Waals surface area (Å²) in [6.07, 6.45) is 0.239. The van der Waals surface area contributed by atoms with E-state index in [0.29, 0.717) is 6.61 Å². The second kappa shape index (κ2) is 3.84. The summed E-state index contributed by atoms with van der Waals surface area (Å²) in [6.45, 7) is 4.58. The molecule has 2 rings (SSSR count). The molecule has 1 aromatic heterocycles. The van der Waals surface area contributed by atoms with Crippen molar-refractivity contribution in [1.29, 1.82) is 0 Å². The van der Waals surface area contributed by atoms with Crippen molar-refractivity contribution in [3.63, 3.8) is 0 Å². The van der Waals surface area contributed by atoms with E-state index in [2.05, 4.69) is 0 Å². The van der Waals surface area contributed by atoms with Crippen LogP contribution in [0.25, 0.3) is 11.0 Å². The van der Waals surface area contributed by atoms with Gasteiger partial charge in [-0.15, -0.1) is 0 Å². The van der Waals surface area contributed by atoms with Gasteiger partial charge in [0.05, 0.1) is 6.10 Å². The van der Waals surface area contributed by atoms with Crippen molar-refractivity contribution in [2.45, 2.75) is 26.6 Å².